The first-order chi connectivity index (χ1) is 12.5. The van der Waals surface area contributed by atoms with E-state index in [4.69, 9.17) is 5.11 Å². The topological polar surface area (TPSA) is 81.7 Å². The number of carboxylic acids is 1. The first-order valence-electron chi connectivity index (χ1n) is 8.58. The number of hydrogen-bond acceptors (Lipinski definition) is 3. The lowest BCUT2D eigenvalue weighted by Gasteiger charge is -2.14. The Kier molecular flexibility index (Phi) is 7.17. The van der Waals surface area contributed by atoms with Gasteiger partial charge in [-0.2, -0.15) is 0 Å². The number of urea groups is 1. The highest BCUT2D eigenvalue weighted by atomic mass is 16.4. The second kappa shape index (κ2) is 9.58. The number of rotatable bonds is 8. The Hall–Kier alpha value is -2.86. The van der Waals surface area contributed by atoms with Crippen molar-refractivity contribution in [2.45, 2.75) is 26.6 Å². The van der Waals surface area contributed by atoms with Crippen molar-refractivity contribution >= 4 is 12.0 Å². The number of nitrogens with zero attached hydrogens (tertiary/aromatic N) is 1. The third-order valence-electron chi connectivity index (χ3n) is 4.09. The Morgan fingerprint density at radius 2 is 1.58 bits per heavy atom. The van der Waals surface area contributed by atoms with Gasteiger partial charge in [-0.3, -0.25) is 0 Å². The number of amides is 2. The summed E-state index contributed by atoms with van der Waals surface area (Å²) in [7, 11) is 2.07. The highest BCUT2D eigenvalue weighted by Gasteiger charge is 2.05. The minimum atomic E-state index is -0.963. The molecule has 0 atom stereocenters. The van der Waals surface area contributed by atoms with E-state index in [2.05, 4.69) is 41.6 Å². The second-order valence-corrected chi connectivity index (χ2v) is 6.19. The molecule has 0 spiro atoms. The van der Waals surface area contributed by atoms with Crippen molar-refractivity contribution < 1.29 is 14.7 Å². The maximum Gasteiger partial charge on any atom is 0.335 e. The normalized spacial score (nSPS) is 10.6. The van der Waals surface area contributed by atoms with Crippen LogP contribution < -0.4 is 10.6 Å². The molecule has 0 bridgehead atoms. The van der Waals surface area contributed by atoms with Crippen molar-refractivity contribution in [3.8, 4) is 0 Å². The van der Waals surface area contributed by atoms with Gasteiger partial charge >= 0.3 is 12.0 Å². The molecule has 0 heterocycles. The number of benzene rings is 2. The molecule has 0 aliphatic carbocycles. The highest BCUT2D eigenvalue weighted by molar-refractivity contribution is 5.87. The van der Waals surface area contributed by atoms with Crippen LogP contribution in [0.25, 0.3) is 0 Å². The van der Waals surface area contributed by atoms with E-state index >= 15 is 0 Å². The van der Waals surface area contributed by atoms with Gasteiger partial charge in [-0.1, -0.05) is 43.3 Å². The highest BCUT2D eigenvalue weighted by Crippen LogP contribution is 2.08. The number of carbonyl (C=O) groups is 2. The van der Waals surface area contributed by atoms with Crippen molar-refractivity contribution in [2.24, 2.45) is 0 Å². The summed E-state index contributed by atoms with van der Waals surface area (Å²) in [4.78, 5) is 25.0. The predicted octanol–water partition coefficient (Wildman–Crippen LogP) is 2.84. The molecule has 138 valence electrons. The van der Waals surface area contributed by atoms with E-state index in [9.17, 15) is 9.59 Å². The van der Waals surface area contributed by atoms with Crippen LogP contribution in [-0.4, -0.2) is 35.6 Å². The molecule has 6 heteroatoms. The molecule has 2 amide bonds. The molecule has 0 unspecified atom stereocenters. The van der Waals surface area contributed by atoms with Gasteiger partial charge in [0.25, 0.3) is 0 Å². The maximum atomic E-state index is 11.9. The number of carboxylic acid groups (broad SMARTS) is 1. The Balaban J connectivity index is 1.79. The minimum absolute atomic E-state index is 0.229. The Morgan fingerprint density at radius 3 is 2.19 bits per heavy atom. The van der Waals surface area contributed by atoms with Crippen LogP contribution in [-0.2, 0) is 19.6 Å². The molecular weight excluding hydrogens is 330 g/mol. The molecule has 0 saturated heterocycles. The van der Waals surface area contributed by atoms with E-state index in [0.29, 0.717) is 13.1 Å². The van der Waals surface area contributed by atoms with Gasteiger partial charge in [-0.15, -0.1) is 0 Å². The summed E-state index contributed by atoms with van der Waals surface area (Å²) in [6.07, 6.45) is 0. The molecule has 0 aromatic heterocycles. The number of aromatic carboxylic acids is 1. The Morgan fingerprint density at radius 1 is 0.962 bits per heavy atom. The molecule has 0 aliphatic heterocycles. The quantitative estimate of drug-likeness (QED) is 0.680. The number of hydrogen-bond donors (Lipinski definition) is 3. The Bertz CT molecular complexity index is 744. The van der Waals surface area contributed by atoms with Crippen LogP contribution >= 0.6 is 0 Å². The zero-order valence-electron chi connectivity index (χ0n) is 15.2. The molecule has 26 heavy (non-hydrogen) atoms. The third-order valence-corrected chi connectivity index (χ3v) is 4.09. The van der Waals surface area contributed by atoms with E-state index in [1.54, 1.807) is 12.1 Å². The van der Waals surface area contributed by atoms with Crippen molar-refractivity contribution in [3.63, 3.8) is 0 Å². The van der Waals surface area contributed by atoms with Crippen LogP contribution in [0.4, 0.5) is 4.79 Å². The van der Waals surface area contributed by atoms with Crippen LogP contribution in [0, 0.1) is 0 Å². The summed E-state index contributed by atoms with van der Waals surface area (Å²) < 4.78 is 0. The fourth-order valence-electron chi connectivity index (χ4n) is 2.45. The smallest absolute Gasteiger partial charge is 0.335 e. The molecule has 0 radical (unpaired) electrons. The van der Waals surface area contributed by atoms with E-state index < -0.39 is 5.97 Å². The molecule has 3 N–H and O–H groups in total. The van der Waals surface area contributed by atoms with E-state index in [1.807, 2.05) is 12.1 Å². The molecule has 0 aliphatic rings. The summed E-state index contributed by atoms with van der Waals surface area (Å²) in [6.45, 7) is 4.77. The largest absolute Gasteiger partial charge is 0.478 e. The summed E-state index contributed by atoms with van der Waals surface area (Å²) in [6, 6.07) is 14.3. The van der Waals surface area contributed by atoms with Gasteiger partial charge in [0.05, 0.1) is 5.56 Å². The molecular formula is C20H25N3O3. The average molecular weight is 355 g/mol. The lowest BCUT2D eigenvalue weighted by molar-refractivity contribution is 0.0697. The number of nitrogens with one attached hydrogen (secondary N) is 2. The molecule has 2 aromatic carbocycles. The first kappa shape index (κ1) is 19.5. The third kappa shape index (κ3) is 6.22. The molecule has 0 saturated carbocycles. The van der Waals surface area contributed by atoms with Gasteiger partial charge in [0, 0.05) is 19.6 Å². The Labute approximate surface area is 153 Å². The fraction of sp³-hybridized carbons (Fsp3) is 0.300. The summed E-state index contributed by atoms with van der Waals surface area (Å²) in [5.41, 5.74) is 3.34. The van der Waals surface area contributed by atoms with Crippen LogP contribution in [0.15, 0.2) is 48.5 Å². The lowest BCUT2D eigenvalue weighted by Crippen LogP contribution is -2.34. The molecule has 0 fully saturated rings. The van der Waals surface area contributed by atoms with E-state index in [0.717, 1.165) is 24.2 Å². The first-order valence-corrected chi connectivity index (χ1v) is 8.58. The van der Waals surface area contributed by atoms with Gasteiger partial charge < -0.3 is 20.6 Å². The second-order valence-electron chi connectivity index (χ2n) is 6.19. The van der Waals surface area contributed by atoms with Crippen LogP contribution in [0.5, 0.6) is 0 Å². The minimum Gasteiger partial charge on any atom is -0.478 e. The predicted molar refractivity (Wildman–Crippen MR) is 101 cm³/mol. The van der Waals surface area contributed by atoms with Crippen molar-refractivity contribution in [2.75, 3.05) is 13.6 Å². The van der Waals surface area contributed by atoms with Gasteiger partial charge in [-0.05, 0) is 42.4 Å². The average Bonchev–Trinajstić information content (AvgIpc) is 2.65. The van der Waals surface area contributed by atoms with Gasteiger partial charge in [0.15, 0.2) is 0 Å². The van der Waals surface area contributed by atoms with Crippen LogP contribution in [0.3, 0.4) is 0 Å². The number of carbonyl (C=O) groups excluding carboxylic acids is 1. The summed E-state index contributed by atoms with van der Waals surface area (Å²) in [5.74, 6) is -0.963. The fourth-order valence-corrected chi connectivity index (χ4v) is 2.45. The molecule has 6 nitrogen and oxygen atoms in total. The summed E-state index contributed by atoms with van der Waals surface area (Å²) in [5, 5.41) is 14.5. The summed E-state index contributed by atoms with van der Waals surface area (Å²) >= 11 is 0. The van der Waals surface area contributed by atoms with Gasteiger partial charge in [0.2, 0.25) is 0 Å². The SMILES string of the molecule is CCN(C)Cc1cccc(CNC(=O)NCc2ccc(C(=O)O)cc2)c1. The zero-order chi connectivity index (χ0) is 18.9. The lowest BCUT2D eigenvalue weighted by atomic mass is 10.1. The maximum absolute atomic E-state index is 11.9. The van der Waals surface area contributed by atoms with Crippen molar-refractivity contribution in [1.82, 2.24) is 15.5 Å². The van der Waals surface area contributed by atoms with Crippen LogP contribution in [0.1, 0.15) is 34.0 Å². The molecule has 2 rings (SSSR count). The standard InChI is InChI=1S/C20H25N3O3/c1-3-23(2)14-17-6-4-5-16(11-17)13-22-20(26)21-12-15-7-9-18(10-8-15)19(24)25/h4-11H,3,12-14H2,1-2H3,(H,24,25)(H2,21,22,26). The van der Waals surface area contributed by atoms with Crippen LogP contribution in [0.2, 0.25) is 0 Å². The van der Waals surface area contributed by atoms with E-state index in [1.165, 1.54) is 17.7 Å². The van der Waals surface area contributed by atoms with E-state index in [-0.39, 0.29) is 11.6 Å². The monoisotopic (exact) mass is 355 g/mol. The van der Waals surface area contributed by atoms with Gasteiger partial charge in [0.1, 0.15) is 0 Å². The van der Waals surface area contributed by atoms with Crippen molar-refractivity contribution in [3.05, 3.63) is 70.8 Å². The molecule has 2 aromatic rings. The zero-order valence-corrected chi connectivity index (χ0v) is 15.2. The van der Waals surface area contributed by atoms with Crippen molar-refractivity contribution in [1.29, 1.82) is 0 Å². The van der Waals surface area contributed by atoms with Gasteiger partial charge in [-0.25, -0.2) is 9.59 Å².